The molecule has 1 aromatic carbocycles. The van der Waals surface area contributed by atoms with Crippen molar-refractivity contribution in [2.24, 2.45) is 0 Å². The Bertz CT molecular complexity index is 862. The predicted octanol–water partition coefficient (Wildman–Crippen LogP) is 3.13. The molecule has 0 aliphatic rings. The number of hydrogen-bond acceptors (Lipinski definition) is 5. The molecule has 0 bridgehead atoms. The summed E-state index contributed by atoms with van der Waals surface area (Å²) < 4.78 is 10.7. The summed E-state index contributed by atoms with van der Waals surface area (Å²) in [5.74, 6) is 1.26. The minimum atomic E-state index is -0.283. The van der Waals surface area contributed by atoms with E-state index in [1.807, 2.05) is 19.1 Å². The summed E-state index contributed by atoms with van der Waals surface area (Å²) in [6.45, 7) is 2.41. The summed E-state index contributed by atoms with van der Waals surface area (Å²) in [5, 5.41) is 9.76. The second kappa shape index (κ2) is 7.48. The quantitative estimate of drug-likeness (QED) is 0.721. The summed E-state index contributed by atoms with van der Waals surface area (Å²) in [5.41, 5.74) is 2.18. The first-order chi connectivity index (χ1) is 12.2. The number of carbonyl (C=O) groups excluding carboxylic acids is 1. The molecule has 1 amide bonds. The van der Waals surface area contributed by atoms with Crippen LogP contribution in [0.15, 0.2) is 48.8 Å². The molecule has 0 radical (unpaired) electrons. The van der Waals surface area contributed by atoms with Crippen molar-refractivity contribution in [2.75, 3.05) is 19.0 Å². The second-order valence-corrected chi connectivity index (χ2v) is 5.16. The van der Waals surface area contributed by atoms with E-state index in [4.69, 9.17) is 9.47 Å². The highest BCUT2D eigenvalue weighted by Gasteiger charge is 2.13. The highest BCUT2D eigenvalue weighted by atomic mass is 16.5. The normalized spacial score (nSPS) is 10.3. The van der Waals surface area contributed by atoms with Crippen LogP contribution in [0, 0.1) is 0 Å². The van der Waals surface area contributed by atoms with Gasteiger partial charge in [0.15, 0.2) is 17.3 Å². The first kappa shape index (κ1) is 16.5. The van der Waals surface area contributed by atoms with Crippen molar-refractivity contribution in [1.29, 1.82) is 0 Å². The number of rotatable bonds is 6. The number of nitrogens with one attached hydrogen (secondary N) is 2. The third-order valence-corrected chi connectivity index (χ3v) is 3.54. The second-order valence-electron chi connectivity index (χ2n) is 5.16. The molecule has 7 nitrogen and oxygen atoms in total. The number of H-pyrrole nitrogens is 1. The fourth-order valence-electron chi connectivity index (χ4n) is 2.34. The highest BCUT2D eigenvalue weighted by molar-refractivity contribution is 6.04. The molecule has 0 spiro atoms. The summed E-state index contributed by atoms with van der Waals surface area (Å²) in [6.07, 6.45) is 3.39. The third-order valence-electron chi connectivity index (χ3n) is 3.54. The maximum absolute atomic E-state index is 12.4. The van der Waals surface area contributed by atoms with E-state index in [-0.39, 0.29) is 5.91 Å². The van der Waals surface area contributed by atoms with Gasteiger partial charge in [-0.2, -0.15) is 5.10 Å². The average Bonchev–Trinajstić information content (AvgIpc) is 3.11. The molecule has 0 atom stereocenters. The lowest BCUT2D eigenvalue weighted by Crippen LogP contribution is -2.12. The van der Waals surface area contributed by atoms with E-state index in [0.29, 0.717) is 29.5 Å². The number of methoxy groups -OCH3 is 1. The van der Waals surface area contributed by atoms with Crippen LogP contribution in [0.25, 0.3) is 11.3 Å². The fraction of sp³-hybridized carbons (Fsp3) is 0.167. The van der Waals surface area contributed by atoms with Crippen LogP contribution in [0.2, 0.25) is 0 Å². The molecule has 2 N–H and O–H groups in total. The van der Waals surface area contributed by atoms with Gasteiger partial charge in [0.1, 0.15) is 0 Å². The summed E-state index contributed by atoms with van der Waals surface area (Å²) >= 11 is 0. The number of amides is 1. The van der Waals surface area contributed by atoms with Gasteiger partial charge in [0.2, 0.25) is 0 Å². The molecule has 0 aliphatic carbocycles. The zero-order valence-electron chi connectivity index (χ0n) is 13.9. The lowest BCUT2D eigenvalue weighted by molar-refractivity contribution is 0.102. The molecule has 0 fully saturated rings. The Balaban J connectivity index is 1.75. The van der Waals surface area contributed by atoms with Crippen molar-refractivity contribution in [3.05, 3.63) is 54.4 Å². The molecular formula is C18H18N4O3. The highest BCUT2D eigenvalue weighted by Crippen LogP contribution is 2.28. The smallest absolute Gasteiger partial charge is 0.257 e. The van der Waals surface area contributed by atoms with Crippen molar-refractivity contribution in [3.63, 3.8) is 0 Å². The van der Waals surface area contributed by atoms with Crippen molar-refractivity contribution in [2.45, 2.75) is 6.92 Å². The lowest BCUT2D eigenvalue weighted by Gasteiger charge is -2.10. The summed E-state index contributed by atoms with van der Waals surface area (Å²) in [6, 6.07) is 10.5. The van der Waals surface area contributed by atoms with Crippen LogP contribution >= 0.6 is 0 Å². The van der Waals surface area contributed by atoms with E-state index in [9.17, 15) is 4.79 Å². The Morgan fingerprint density at radius 1 is 1.16 bits per heavy atom. The molecule has 7 heteroatoms. The van der Waals surface area contributed by atoms with Gasteiger partial charge in [-0.1, -0.05) is 0 Å². The molecule has 3 rings (SSSR count). The van der Waals surface area contributed by atoms with Crippen molar-refractivity contribution >= 4 is 11.7 Å². The fourth-order valence-corrected chi connectivity index (χ4v) is 2.34. The van der Waals surface area contributed by atoms with Gasteiger partial charge in [0.25, 0.3) is 5.91 Å². The van der Waals surface area contributed by atoms with Crippen LogP contribution in [0.1, 0.15) is 17.3 Å². The topological polar surface area (TPSA) is 89.1 Å². The van der Waals surface area contributed by atoms with Crippen molar-refractivity contribution < 1.29 is 14.3 Å². The van der Waals surface area contributed by atoms with Crippen LogP contribution in [0.5, 0.6) is 11.5 Å². The Hall–Kier alpha value is -3.35. The number of hydrogen-bond donors (Lipinski definition) is 2. The summed E-state index contributed by atoms with van der Waals surface area (Å²) in [4.78, 5) is 16.4. The number of nitrogens with zero attached hydrogens (tertiary/aromatic N) is 2. The van der Waals surface area contributed by atoms with E-state index in [1.54, 1.807) is 36.7 Å². The van der Waals surface area contributed by atoms with Gasteiger partial charge in [0.05, 0.1) is 19.4 Å². The van der Waals surface area contributed by atoms with Gasteiger partial charge in [-0.15, -0.1) is 0 Å². The van der Waals surface area contributed by atoms with Crippen LogP contribution in [-0.4, -0.2) is 34.8 Å². The molecule has 0 unspecified atom stereocenters. The lowest BCUT2D eigenvalue weighted by atomic mass is 10.2. The first-order valence-electron chi connectivity index (χ1n) is 7.79. The minimum absolute atomic E-state index is 0.283. The van der Waals surface area contributed by atoms with Gasteiger partial charge in [0, 0.05) is 29.6 Å². The standard InChI is InChI=1S/C18H18N4O3/c1-3-25-15-5-4-13(10-16(15)24-2)18(23)20-17-11-14(21-22-17)12-6-8-19-9-7-12/h4-11H,3H2,1-2H3,(H2,20,21,22,23). The Morgan fingerprint density at radius 2 is 1.96 bits per heavy atom. The van der Waals surface area contributed by atoms with E-state index < -0.39 is 0 Å². The van der Waals surface area contributed by atoms with Gasteiger partial charge in [-0.05, 0) is 37.3 Å². The molecule has 0 saturated heterocycles. The molecule has 128 valence electrons. The molecule has 0 saturated carbocycles. The van der Waals surface area contributed by atoms with Crippen LogP contribution < -0.4 is 14.8 Å². The SMILES string of the molecule is CCOc1ccc(C(=O)Nc2cc(-c3ccncc3)[nH]n2)cc1OC. The van der Waals surface area contributed by atoms with E-state index in [0.717, 1.165) is 11.3 Å². The molecule has 2 heterocycles. The number of carbonyl (C=O) groups is 1. The molecule has 2 aromatic heterocycles. The maximum atomic E-state index is 12.4. The molecule has 3 aromatic rings. The zero-order valence-corrected chi connectivity index (χ0v) is 13.9. The van der Waals surface area contributed by atoms with Gasteiger partial charge in [-0.25, -0.2) is 0 Å². The number of anilines is 1. The monoisotopic (exact) mass is 338 g/mol. The number of ether oxygens (including phenoxy) is 2. The number of aromatic nitrogens is 3. The number of benzene rings is 1. The van der Waals surface area contributed by atoms with Gasteiger partial charge >= 0.3 is 0 Å². The Kier molecular flexibility index (Phi) is 4.94. The third kappa shape index (κ3) is 3.77. The van der Waals surface area contributed by atoms with E-state index in [1.165, 1.54) is 7.11 Å². The van der Waals surface area contributed by atoms with Crippen LogP contribution in [0.4, 0.5) is 5.82 Å². The maximum Gasteiger partial charge on any atom is 0.257 e. The van der Waals surface area contributed by atoms with E-state index >= 15 is 0 Å². The van der Waals surface area contributed by atoms with E-state index in [2.05, 4.69) is 20.5 Å². The summed E-state index contributed by atoms with van der Waals surface area (Å²) in [7, 11) is 1.54. The van der Waals surface area contributed by atoms with Gasteiger partial charge < -0.3 is 14.8 Å². The Labute approximate surface area is 145 Å². The molecule has 0 aliphatic heterocycles. The Morgan fingerprint density at radius 3 is 2.68 bits per heavy atom. The largest absolute Gasteiger partial charge is 0.493 e. The zero-order chi connectivity index (χ0) is 17.6. The first-order valence-corrected chi connectivity index (χ1v) is 7.79. The van der Waals surface area contributed by atoms with Crippen molar-refractivity contribution in [1.82, 2.24) is 15.2 Å². The van der Waals surface area contributed by atoms with Crippen LogP contribution in [0.3, 0.4) is 0 Å². The number of aromatic amines is 1. The minimum Gasteiger partial charge on any atom is -0.493 e. The predicted molar refractivity (Wildman–Crippen MR) is 93.9 cm³/mol. The van der Waals surface area contributed by atoms with Crippen molar-refractivity contribution in [3.8, 4) is 22.8 Å². The molecular weight excluding hydrogens is 320 g/mol. The number of pyridine rings is 1. The van der Waals surface area contributed by atoms with Crippen LogP contribution in [-0.2, 0) is 0 Å². The van der Waals surface area contributed by atoms with Gasteiger partial charge in [-0.3, -0.25) is 14.9 Å². The average molecular weight is 338 g/mol. The molecule has 25 heavy (non-hydrogen) atoms.